The van der Waals surface area contributed by atoms with Gasteiger partial charge in [0.1, 0.15) is 0 Å². The molecule has 2 aromatic carbocycles. The number of nitrogens with one attached hydrogen (secondary N) is 1. The Kier molecular flexibility index (Phi) is 6.29. The minimum atomic E-state index is -0.0329. The van der Waals surface area contributed by atoms with E-state index in [9.17, 15) is 4.79 Å². The van der Waals surface area contributed by atoms with Crippen LogP contribution in [0.25, 0.3) is 0 Å². The first kappa shape index (κ1) is 19.9. The Hall–Kier alpha value is -2.89. The fourth-order valence-electron chi connectivity index (χ4n) is 3.37. The van der Waals surface area contributed by atoms with Gasteiger partial charge in [-0.1, -0.05) is 12.1 Å². The third-order valence-electron chi connectivity index (χ3n) is 5.31. The van der Waals surface area contributed by atoms with Gasteiger partial charge in [0.25, 0.3) is 0 Å². The summed E-state index contributed by atoms with van der Waals surface area (Å²) in [5.41, 5.74) is 4.80. The van der Waals surface area contributed by atoms with Crippen LogP contribution in [0.4, 0.5) is 10.5 Å². The lowest BCUT2D eigenvalue weighted by molar-refractivity contribution is 0.194. The van der Waals surface area contributed by atoms with Gasteiger partial charge in [-0.15, -0.1) is 0 Å². The minimum Gasteiger partial charge on any atom is -0.493 e. The maximum absolute atomic E-state index is 12.5. The number of urea groups is 1. The van der Waals surface area contributed by atoms with Crippen molar-refractivity contribution < 1.29 is 14.3 Å². The van der Waals surface area contributed by atoms with Crippen LogP contribution in [-0.4, -0.2) is 51.3 Å². The molecule has 1 N–H and O–H groups in total. The Labute approximate surface area is 167 Å². The quantitative estimate of drug-likeness (QED) is 0.860. The Morgan fingerprint density at radius 3 is 2.29 bits per heavy atom. The summed E-state index contributed by atoms with van der Waals surface area (Å²) in [6.45, 7) is 7.82. The number of amides is 2. The zero-order valence-electron chi connectivity index (χ0n) is 17.1. The summed E-state index contributed by atoms with van der Waals surface area (Å²) in [6.07, 6.45) is 0. The van der Waals surface area contributed by atoms with Gasteiger partial charge in [-0.05, 0) is 54.8 Å². The number of carbonyl (C=O) groups is 1. The van der Waals surface area contributed by atoms with Gasteiger partial charge in [0, 0.05) is 38.4 Å². The third-order valence-corrected chi connectivity index (χ3v) is 5.31. The number of hydrogen-bond acceptors (Lipinski definition) is 4. The molecule has 6 nitrogen and oxygen atoms in total. The molecule has 1 aliphatic rings. The molecule has 0 spiro atoms. The minimum absolute atomic E-state index is 0.0329. The van der Waals surface area contributed by atoms with E-state index in [1.54, 1.807) is 14.2 Å². The Morgan fingerprint density at radius 2 is 1.64 bits per heavy atom. The van der Waals surface area contributed by atoms with Crippen LogP contribution < -0.4 is 19.7 Å². The van der Waals surface area contributed by atoms with Crippen LogP contribution in [0.5, 0.6) is 11.5 Å². The van der Waals surface area contributed by atoms with Gasteiger partial charge in [0.15, 0.2) is 11.5 Å². The van der Waals surface area contributed by atoms with E-state index >= 15 is 0 Å². The van der Waals surface area contributed by atoms with Crippen LogP contribution in [-0.2, 0) is 6.54 Å². The lowest BCUT2D eigenvalue weighted by Crippen LogP contribution is -2.51. The maximum Gasteiger partial charge on any atom is 0.317 e. The number of nitrogens with zero attached hydrogens (tertiary/aromatic N) is 2. The number of piperazine rings is 1. The highest BCUT2D eigenvalue weighted by Crippen LogP contribution is 2.27. The molecule has 0 unspecified atom stereocenters. The number of benzene rings is 2. The molecule has 150 valence electrons. The van der Waals surface area contributed by atoms with Crippen LogP contribution in [0.3, 0.4) is 0 Å². The van der Waals surface area contributed by atoms with Crippen molar-refractivity contribution in [1.82, 2.24) is 10.2 Å². The van der Waals surface area contributed by atoms with E-state index in [0.717, 1.165) is 18.7 Å². The van der Waals surface area contributed by atoms with E-state index in [1.165, 1.54) is 16.8 Å². The molecule has 0 aromatic heterocycles. The fraction of sp³-hybridized carbons (Fsp3) is 0.409. The maximum atomic E-state index is 12.5. The summed E-state index contributed by atoms with van der Waals surface area (Å²) in [4.78, 5) is 16.7. The predicted molar refractivity (Wildman–Crippen MR) is 111 cm³/mol. The molecule has 3 rings (SSSR count). The van der Waals surface area contributed by atoms with E-state index in [-0.39, 0.29) is 6.03 Å². The largest absolute Gasteiger partial charge is 0.493 e. The second-order valence-electron chi connectivity index (χ2n) is 7.09. The molecule has 0 radical (unpaired) electrons. The summed E-state index contributed by atoms with van der Waals surface area (Å²) >= 11 is 0. The molecule has 1 aliphatic heterocycles. The Morgan fingerprint density at radius 1 is 0.929 bits per heavy atom. The molecule has 0 atom stereocenters. The number of aryl methyl sites for hydroxylation is 2. The Balaban J connectivity index is 1.52. The average Bonchev–Trinajstić information content (AvgIpc) is 2.73. The molecule has 1 heterocycles. The second-order valence-corrected chi connectivity index (χ2v) is 7.09. The summed E-state index contributed by atoms with van der Waals surface area (Å²) < 4.78 is 10.6. The van der Waals surface area contributed by atoms with Crippen molar-refractivity contribution in [1.29, 1.82) is 0 Å². The van der Waals surface area contributed by atoms with Gasteiger partial charge < -0.3 is 24.6 Å². The van der Waals surface area contributed by atoms with Gasteiger partial charge in [-0.3, -0.25) is 0 Å². The van der Waals surface area contributed by atoms with Crippen LogP contribution >= 0.6 is 0 Å². The molecule has 28 heavy (non-hydrogen) atoms. The first-order valence-corrected chi connectivity index (χ1v) is 9.57. The van der Waals surface area contributed by atoms with Crippen molar-refractivity contribution >= 4 is 11.7 Å². The summed E-state index contributed by atoms with van der Waals surface area (Å²) in [5, 5.41) is 3.00. The van der Waals surface area contributed by atoms with Crippen molar-refractivity contribution in [3.8, 4) is 11.5 Å². The second kappa shape index (κ2) is 8.87. The summed E-state index contributed by atoms with van der Waals surface area (Å²) in [6, 6.07) is 12.2. The van der Waals surface area contributed by atoms with Gasteiger partial charge >= 0.3 is 6.03 Å². The van der Waals surface area contributed by atoms with Crippen molar-refractivity contribution in [3.63, 3.8) is 0 Å². The number of anilines is 1. The van der Waals surface area contributed by atoms with E-state index in [2.05, 4.69) is 42.3 Å². The number of ether oxygens (including phenoxy) is 2. The van der Waals surface area contributed by atoms with Crippen molar-refractivity contribution in [2.45, 2.75) is 20.4 Å². The summed E-state index contributed by atoms with van der Waals surface area (Å²) in [5.74, 6) is 1.34. The smallest absolute Gasteiger partial charge is 0.317 e. The van der Waals surface area contributed by atoms with Crippen LogP contribution in [0, 0.1) is 13.8 Å². The van der Waals surface area contributed by atoms with E-state index in [0.29, 0.717) is 31.1 Å². The highest BCUT2D eigenvalue weighted by atomic mass is 16.5. The number of carbonyl (C=O) groups excluding carboxylic acids is 1. The first-order chi connectivity index (χ1) is 13.5. The number of methoxy groups -OCH3 is 2. The molecular weight excluding hydrogens is 354 g/mol. The predicted octanol–water partition coefficient (Wildman–Crippen LogP) is 3.35. The molecule has 0 saturated carbocycles. The SMILES string of the molecule is COc1ccc(CNC(=O)N2CCN(c3ccc(C)c(C)c3)CC2)cc1OC. The van der Waals surface area contributed by atoms with Crippen LogP contribution in [0.15, 0.2) is 36.4 Å². The molecular formula is C22H29N3O3. The van der Waals surface area contributed by atoms with Crippen LogP contribution in [0.2, 0.25) is 0 Å². The topological polar surface area (TPSA) is 54.0 Å². The van der Waals surface area contributed by atoms with Crippen molar-refractivity contribution in [3.05, 3.63) is 53.1 Å². The Bertz CT molecular complexity index is 830. The third kappa shape index (κ3) is 4.50. The monoisotopic (exact) mass is 383 g/mol. The van der Waals surface area contributed by atoms with E-state index in [4.69, 9.17) is 9.47 Å². The molecule has 0 bridgehead atoms. The molecule has 6 heteroatoms. The molecule has 2 amide bonds. The molecule has 1 saturated heterocycles. The number of rotatable bonds is 5. The molecule has 1 fully saturated rings. The van der Waals surface area contributed by atoms with Gasteiger partial charge in [-0.2, -0.15) is 0 Å². The summed E-state index contributed by atoms with van der Waals surface area (Å²) in [7, 11) is 3.21. The fourth-order valence-corrected chi connectivity index (χ4v) is 3.37. The van der Waals surface area contributed by atoms with Crippen molar-refractivity contribution in [2.75, 3.05) is 45.3 Å². The zero-order valence-corrected chi connectivity index (χ0v) is 17.1. The number of hydrogen-bond donors (Lipinski definition) is 1. The average molecular weight is 383 g/mol. The highest BCUT2D eigenvalue weighted by Gasteiger charge is 2.21. The lowest BCUT2D eigenvalue weighted by Gasteiger charge is -2.36. The standard InChI is InChI=1S/C22H29N3O3/c1-16-5-7-19(13-17(16)2)24-9-11-25(12-10-24)22(26)23-15-18-6-8-20(27-3)21(14-18)28-4/h5-8,13-14H,9-12,15H2,1-4H3,(H,23,26). The van der Waals surface area contributed by atoms with Crippen molar-refractivity contribution in [2.24, 2.45) is 0 Å². The zero-order chi connectivity index (χ0) is 20.1. The van der Waals surface area contributed by atoms with Gasteiger partial charge in [0.2, 0.25) is 0 Å². The molecule has 2 aromatic rings. The van der Waals surface area contributed by atoms with Crippen LogP contribution in [0.1, 0.15) is 16.7 Å². The normalized spacial score (nSPS) is 14.0. The van der Waals surface area contributed by atoms with E-state index in [1.807, 2.05) is 23.1 Å². The highest BCUT2D eigenvalue weighted by molar-refractivity contribution is 5.74. The first-order valence-electron chi connectivity index (χ1n) is 9.57. The molecule has 0 aliphatic carbocycles. The van der Waals surface area contributed by atoms with Gasteiger partial charge in [-0.25, -0.2) is 4.79 Å². The lowest BCUT2D eigenvalue weighted by atomic mass is 10.1. The van der Waals surface area contributed by atoms with Gasteiger partial charge in [0.05, 0.1) is 14.2 Å². The van der Waals surface area contributed by atoms with E-state index < -0.39 is 0 Å².